The molecule has 6 aromatic carbocycles. The SMILES string of the molecule is Cc1nc(Nc2ccc(N=Nc3ccc(N=Nc4ccccc4)cc3)cc2)nc(Nc2ccc(N=Nc3ccc(N=Nc4ccccc4)cc3)cc2)n1. The molecule has 0 aliphatic rings. The maximum Gasteiger partial charge on any atom is 0.232 e. The van der Waals surface area contributed by atoms with Crippen LogP contribution in [0.15, 0.2) is 199 Å². The van der Waals surface area contributed by atoms with Gasteiger partial charge in [-0.3, -0.25) is 0 Å². The summed E-state index contributed by atoms with van der Waals surface area (Å²) in [7, 11) is 0. The fourth-order valence-corrected chi connectivity index (χ4v) is 4.70. The van der Waals surface area contributed by atoms with Crippen LogP contribution in [0.2, 0.25) is 0 Å². The third kappa shape index (κ3) is 10.2. The Hall–Kier alpha value is -7.67. The van der Waals surface area contributed by atoms with Gasteiger partial charge in [0.15, 0.2) is 0 Å². The Kier molecular flexibility index (Phi) is 10.7. The standard InChI is InChI=1S/C40H31N13/c1-28-41-39(43-29-12-16-33(17-13-29)50-52-37-24-20-35(21-25-37)48-46-31-8-4-2-5-9-31)45-40(42-28)44-30-14-18-34(19-15-30)51-53-38-26-22-36(23-27-38)49-47-32-10-6-3-7-11-32/h2-27H,1H3,(H2,41,42,43,44,45). The van der Waals surface area contributed by atoms with Gasteiger partial charge in [-0.2, -0.15) is 55.9 Å². The first-order valence-electron chi connectivity index (χ1n) is 16.5. The molecule has 0 saturated carbocycles. The van der Waals surface area contributed by atoms with Gasteiger partial charge < -0.3 is 10.6 Å². The Morgan fingerprint density at radius 3 is 0.830 bits per heavy atom. The molecule has 13 nitrogen and oxygen atoms in total. The number of rotatable bonds is 12. The molecule has 0 saturated heterocycles. The summed E-state index contributed by atoms with van der Waals surface area (Å²) >= 11 is 0. The second-order valence-corrected chi connectivity index (χ2v) is 11.4. The van der Waals surface area contributed by atoms with Gasteiger partial charge in [0.25, 0.3) is 0 Å². The van der Waals surface area contributed by atoms with Crippen molar-refractivity contribution in [1.82, 2.24) is 15.0 Å². The summed E-state index contributed by atoms with van der Waals surface area (Å²) in [5.74, 6) is 1.36. The molecular weight excluding hydrogens is 663 g/mol. The Morgan fingerprint density at radius 1 is 0.302 bits per heavy atom. The van der Waals surface area contributed by atoms with Crippen LogP contribution in [-0.2, 0) is 0 Å². The lowest BCUT2D eigenvalue weighted by atomic mass is 10.3. The van der Waals surface area contributed by atoms with E-state index in [0.717, 1.165) is 34.1 Å². The van der Waals surface area contributed by atoms with E-state index in [-0.39, 0.29) is 0 Å². The predicted octanol–water partition coefficient (Wildman–Crippen LogP) is 13.3. The van der Waals surface area contributed by atoms with Gasteiger partial charge in [-0.1, -0.05) is 36.4 Å². The predicted molar refractivity (Wildman–Crippen MR) is 206 cm³/mol. The zero-order chi connectivity index (χ0) is 36.1. The van der Waals surface area contributed by atoms with Gasteiger partial charge >= 0.3 is 0 Å². The fourth-order valence-electron chi connectivity index (χ4n) is 4.70. The van der Waals surface area contributed by atoms with Gasteiger partial charge in [0.1, 0.15) is 5.82 Å². The van der Waals surface area contributed by atoms with Gasteiger partial charge in [0.05, 0.1) is 45.5 Å². The third-order valence-corrected chi connectivity index (χ3v) is 7.33. The molecule has 13 heteroatoms. The molecule has 0 aliphatic heterocycles. The largest absolute Gasteiger partial charge is 0.324 e. The number of nitrogens with one attached hydrogen (secondary N) is 2. The zero-order valence-corrected chi connectivity index (χ0v) is 28.4. The number of hydrogen-bond acceptors (Lipinski definition) is 13. The summed E-state index contributed by atoms with van der Waals surface area (Å²) in [6, 6.07) is 48.9. The monoisotopic (exact) mass is 693 g/mol. The van der Waals surface area contributed by atoms with Gasteiger partial charge in [-0.25, -0.2) is 0 Å². The van der Waals surface area contributed by atoms with Crippen molar-refractivity contribution in [3.05, 3.63) is 164 Å². The fraction of sp³-hybridized carbons (Fsp3) is 0.0250. The summed E-state index contributed by atoms with van der Waals surface area (Å²) in [6.45, 7) is 1.81. The lowest BCUT2D eigenvalue weighted by molar-refractivity contribution is 0.989. The first kappa shape index (κ1) is 33.8. The van der Waals surface area contributed by atoms with E-state index in [4.69, 9.17) is 0 Å². The number of azo groups is 4. The molecule has 0 spiro atoms. The van der Waals surface area contributed by atoms with E-state index < -0.39 is 0 Å². The van der Waals surface area contributed by atoms with Crippen LogP contribution < -0.4 is 10.6 Å². The quantitative estimate of drug-likeness (QED) is 0.121. The smallest absolute Gasteiger partial charge is 0.232 e. The molecule has 0 radical (unpaired) electrons. The molecule has 0 aliphatic carbocycles. The molecule has 1 heterocycles. The molecule has 7 rings (SSSR count). The van der Waals surface area contributed by atoms with Crippen LogP contribution in [0.1, 0.15) is 5.82 Å². The minimum Gasteiger partial charge on any atom is -0.324 e. The van der Waals surface area contributed by atoms with E-state index in [1.807, 2.05) is 165 Å². The number of anilines is 4. The van der Waals surface area contributed by atoms with Crippen molar-refractivity contribution in [2.24, 2.45) is 40.9 Å². The summed E-state index contributed by atoms with van der Waals surface area (Å²) in [4.78, 5) is 13.4. The van der Waals surface area contributed by atoms with Crippen molar-refractivity contribution < 1.29 is 0 Å². The first-order chi connectivity index (χ1) is 26.1. The van der Waals surface area contributed by atoms with Crippen molar-refractivity contribution >= 4 is 68.8 Å². The summed E-state index contributed by atoms with van der Waals surface area (Å²) in [5, 5.41) is 40.8. The second-order valence-electron chi connectivity index (χ2n) is 11.4. The topological polar surface area (TPSA) is 162 Å². The molecule has 1 aromatic heterocycles. The summed E-state index contributed by atoms with van der Waals surface area (Å²) in [5.41, 5.74) is 7.42. The van der Waals surface area contributed by atoms with Crippen molar-refractivity contribution in [1.29, 1.82) is 0 Å². The highest BCUT2D eigenvalue weighted by Crippen LogP contribution is 2.27. The van der Waals surface area contributed by atoms with Crippen molar-refractivity contribution in [2.75, 3.05) is 10.6 Å². The van der Waals surface area contributed by atoms with Crippen LogP contribution in [0, 0.1) is 6.92 Å². The van der Waals surface area contributed by atoms with Crippen LogP contribution in [0.25, 0.3) is 0 Å². The van der Waals surface area contributed by atoms with Crippen LogP contribution >= 0.6 is 0 Å². The van der Waals surface area contributed by atoms with E-state index >= 15 is 0 Å². The van der Waals surface area contributed by atoms with E-state index in [1.54, 1.807) is 0 Å². The molecule has 0 atom stereocenters. The Morgan fingerprint density at radius 2 is 0.547 bits per heavy atom. The highest BCUT2D eigenvalue weighted by atomic mass is 15.2. The molecule has 7 aromatic rings. The van der Waals surface area contributed by atoms with Crippen molar-refractivity contribution in [3.8, 4) is 0 Å². The molecular formula is C40H31N13. The van der Waals surface area contributed by atoms with Crippen LogP contribution in [-0.4, -0.2) is 15.0 Å². The number of aromatic nitrogens is 3. The summed E-state index contributed by atoms with van der Waals surface area (Å²) < 4.78 is 0. The van der Waals surface area contributed by atoms with E-state index in [2.05, 4.69) is 66.5 Å². The Labute approximate surface area is 305 Å². The zero-order valence-electron chi connectivity index (χ0n) is 28.4. The lowest BCUT2D eigenvalue weighted by Gasteiger charge is -2.09. The number of benzene rings is 6. The van der Waals surface area contributed by atoms with E-state index in [1.165, 1.54) is 0 Å². The number of nitrogens with zero attached hydrogens (tertiary/aromatic N) is 11. The molecule has 0 bridgehead atoms. The maximum absolute atomic E-state index is 4.54. The first-order valence-corrected chi connectivity index (χ1v) is 16.5. The Balaban J connectivity index is 0.911. The molecule has 53 heavy (non-hydrogen) atoms. The van der Waals surface area contributed by atoms with Gasteiger partial charge in [-0.15, -0.1) is 0 Å². The van der Waals surface area contributed by atoms with Gasteiger partial charge in [0, 0.05) is 11.4 Å². The molecule has 256 valence electrons. The Bertz CT molecular complexity index is 2190. The summed E-state index contributed by atoms with van der Waals surface area (Å²) in [6.07, 6.45) is 0. The van der Waals surface area contributed by atoms with Crippen LogP contribution in [0.4, 0.5) is 68.8 Å². The number of hydrogen-bond donors (Lipinski definition) is 2. The van der Waals surface area contributed by atoms with E-state index in [9.17, 15) is 0 Å². The maximum atomic E-state index is 4.54. The normalized spacial score (nSPS) is 11.6. The van der Waals surface area contributed by atoms with Crippen LogP contribution in [0.5, 0.6) is 0 Å². The van der Waals surface area contributed by atoms with Crippen molar-refractivity contribution in [3.63, 3.8) is 0 Å². The average molecular weight is 694 g/mol. The molecule has 0 fully saturated rings. The third-order valence-electron chi connectivity index (χ3n) is 7.33. The van der Waals surface area contributed by atoms with Gasteiger partial charge in [0.2, 0.25) is 11.9 Å². The molecule has 2 N–H and O–H groups in total. The van der Waals surface area contributed by atoms with Crippen molar-refractivity contribution in [2.45, 2.75) is 6.92 Å². The second kappa shape index (κ2) is 16.8. The highest BCUT2D eigenvalue weighted by Gasteiger charge is 2.06. The average Bonchev–Trinajstić information content (AvgIpc) is 3.20. The lowest BCUT2D eigenvalue weighted by Crippen LogP contribution is -2.05. The number of aryl methyl sites for hydroxylation is 1. The molecule has 0 amide bonds. The minimum atomic E-state index is 0.400. The molecule has 0 unspecified atom stereocenters. The minimum absolute atomic E-state index is 0.400. The highest BCUT2D eigenvalue weighted by molar-refractivity contribution is 5.61. The van der Waals surface area contributed by atoms with E-state index in [0.29, 0.717) is 40.5 Å². The van der Waals surface area contributed by atoms with Crippen LogP contribution in [0.3, 0.4) is 0 Å². The van der Waals surface area contributed by atoms with Gasteiger partial charge in [-0.05, 0) is 128 Å².